The summed E-state index contributed by atoms with van der Waals surface area (Å²) in [6.07, 6.45) is -0.369. The van der Waals surface area contributed by atoms with Crippen LogP contribution in [0.1, 0.15) is 30.2 Å². The van der Waals surface area contributed by atoms with Crippen molar-refractivity contribution in [2.45, 2.75) is 31.0 Å². The lowest BCUT2D eigenvalue weighted by molar-refractivity contribution is 0.0924. The minimum absolute atomic E-state index is 0.122. The lowest BCUT2D eigenvalue weighted by atomic mass is 10.3. The van der Waals surface area contributed by atoms with Gasteiger partial charge in [0.15, 0.2) is 5.76 Å². The highest BCUT2D eigenvalue weighted by Crippen LogP contribution is 2.21. The zero-order valence-electron chi connectivity index (χ0n) is 9.27. The van der Waals surface area contributed by atoms with Gasteiger partial charge in [-0.15, -0.1) is 11.8 Å². The maximum Gasteiger partial charge on any atom is 0.300 e. The number of nitrogen functional groups attached to an aromatic ring is 1. The lowest BCUT2D eigenvalue weighted by Crippen LogP contribution is -2.29. The van der Waals surface area contributed by atoms with Crippen LogP contribution in [0.5, 0.6) is 0 Å². The van der Waals surface area contributed by atoms with Gasteiger partial charge in [0.25, 0.3) is 0 Å². The Labute approximate surface area is 98.4 Å². The molecule has 2 atom stereocenters. The van der Waals surface area contributed by atoms with Crippen LogP contribution in [0.3, 0.4) is 0 Å². The summed E-state index contributed by atoms with van der Waals surface area (Å²) in [7, 11) is 0. The number of hydrogen-bond acceptors (Lipinski definition) is 5. The van der Waals surface area contributed by atoms with E-state index >= 15 is 0 Å². The standard InChI is InChI=1S/C10H16N2O3S/c1-6(13)7(2)16-5-8-3-4-9(15-8)10(14)12-11/h3-4,6-7,13H,5,11H2,1-2H3,(H,12,14). The SMILES string of the molecule is CC(O)C(C)SCc1ccc(C(=O)NN)o1. The van der Waals surface area contributed by atoms with E-state index in [-0.39, 0.29) is 17.1 Å². The van der Waals surface area contributed by atoms with Gasteiger partial charge in [-0.2, -0.15) is 0 Å². The Morgan fingerprint density at radius 3 is 2.88 bits per heavy atom. The molecule has 5 nitrogen and oxygen atoms in total. The van der Waals surface area contributed by atoms with E-state index in [1.807, 2.05) is 12.3 Å². The number of rotatable bonds is 5. The number of amides is 1. The van der Waals surface area contributed by atoms with Crippen molar-refractivity contribution in [3.8, 4) is 0 Å². The number of aliphatic hydroxyl groups is 1. The minimum Gasteiger partial charge on any atom is -0.455 e. The molecule has 0 bridgehead atoms. The molecule has 0 aromatic carbocycles. The Kier molecular flexibility index (Phi) is 4.85. The predicted molar refractivity (Wildman–Crippen MR) is 62.8 cm³/mol. The van der Waals surface area contributed by atoms with Crippen molar-refractivity contribution >= 4 is 17.7 Å². The number of hydrazine groups is 1. The quantitative estimate of drug-likeness (QED) is 0.406. The van der Waals surface area contributed by atoms with Gasteiger partial charge in [0.05, 0.1) is 11.9 Å². The van der Waals surface area contributed by atoms with E-state index in [1.54, 1.807) is 30.8 Å². The monoisotopic (exact) mass is 244 g/mol. The highest BCUT2D eigenvalue weighted by Gasteiger charge is 2.12. The first kappa shape index (κ1) is 13.1. The fourth-order valence-corrected chi connectivity index (χ4v) is 1.86. The van der Waals surface area contributed by atoms with Gasteiger partial charge in [0.2, 0.25) is 0 Å². The third kappa shape index (κ3) is 3.55. The summed E-state index contributed by atoms with van der Waals surface area (Å²) in [5, 5.41) is 9.42. The van der Waals surface area contributed by atoms with Crippen molar-refractivity contribution in [3.63, 3.8) is 0 Å². The molecule has 0 aliphatic rings. The molecule has 1 amide bonds. The number of aliphatic hydroxyl groups excluding tert-OH is 1. The molecule has 0 aliphatic heterocycles. The Hall–Kier alpha value is -0.980. The molecule has 90 valence electrons. The summed E-state index contributed by atoms with van der Waals surface area (Å²) in [6.45, 7) is 3.68. The molecular weight excluding hydrogens is 228 g/mol. The summed E-state index contributed by atoms with van der Waals surface area (Å²) in [6, 6.07) is 3.30. The third-order valence-electron chi connectivity index (χ3n) is 2.18. The van der Waals surface area contributed by atoms with Crippen molar-refractivity contribution in [2.75, 3.05) is 0 Å². The van der Waals surface area contributed by atoms with Crippen molar-refractivity contribution in [1.82, 2.24) is 5.43 Å². The van der Waals surface area contributed by atoms with E-state index in [2.05, 4.69) is 0 Å². The average Bonchev–Trinajstić information content (AvgIpc) is 2.73. The van der Waals surface area contributed by atoms with E-state index in [1.165, 1.54) is 0 Å². The molecule has 6 heteroatoms. The highest BCUT2D eigenvalue weighted by atomic mass is 32.2. The zero-order chi connectivity index (χ0) is 12.1. The summed E-state index contributed by atoms with van der Waals surface area (Å²) >= 11 is 1.56. The van der Waals surface area contributed by atoms with Gasteiger partial charge < -0.3 is 9.52 Å². The molecule has 0 saturated carbocycles. The maximum absolute atomic E-state index is 11.1. The number of nitrogens with two attached hydrogens (primary N) is 1. The molecule has 16 heavy (non-hydrogen) atoms. The lowest BCUT2D eigenvalue weighted by Gasteiger charge is -2.12. The zero-order valence-corrected chi connectivity index (χ0v) is 10.1. The van der Waals surface area contributed by atoms with E-state index in [9.17, 15) is 9.90 Å². The van der Waals surface area contributed by atoms with Gasteiger partial charge >= 0.3 is 5.91 Å². The molecule has 1 rings (SSSR count). The van der Waals surface area contributed by atoms with Crippen molar-refractivity contribution < 1.29 is 14.3 Å². The molecule has 0 spiro atoms. The predicted octanol–water partition coefficient (Wildman–Crippen LogP) is 0.886. The van der Waals surface area contributed by atoms with Crippen LogP contribution >= 0.6 is 11.8 Å². The van der Waals surface area contributed by atoms with Crippen LogP contribution in [-0.4, -0.2) is 22.4 Å². The Morgan fingerprint density at radius 2 is 2.31 bits per heavy atom. The van der Waals surface area contributed by atoms with Crippen LogP contribution in [0.15, 0.2) is 16.5 Å². The molecule has 0 saturated heterocycles. The average molecular weight is 244 g/mol. The number of nitrogens with one attached hydrogen (secondary N) is 1. The molecule has 1 aromatic rings. The Balaban J connectivity index is 2.49. The second kappa shape index (κ2) is 5.93. The first-order valence-electron chi connectivity index (χ1n) is 4.94. The van der Waals surface area contributed by atoms with E-state index in [4.69, 9.17) is 10.3 Å². The van der Waals surface area contributed by atoms with Gasteiger partial charge in [-0.25, -0.2) is 5.84 Å². The normalized spacial score (nSPS) is 14.5. The molecule has 0 fully saturated rings. The number of carbonyl (C=O) groups excluding carboxylic acids is 1. The largest absolute Gasteiger partial charge is 0.455 e. The van der Waals surface area contributed by atoms with Crippen LogP contribution in [0.4, 0.5) is 0 Å². The molecule has 1 heterocycles. The van der Waals surface area contributed by atoms with Gasteiger partial charge in [-0.05, 0) is 19.1 Å². The van der Waals surface area contributed by atoms with Crippen LogP contribution in [0.25, 0.3) is 0 Å². The van der Waals surface area contributed by atoms with Gasteiger partial charge in [0, 0.05) is 5.25 Å². The molecular formula is C10H16N2O3S. The number of carbonyl (C=O) groups is 1. The van der Waals surface area contributed by atoms with Gasteiger partial charge in [-0.3, -0.25) is 10.2 Å². The van der Waals surface area contributed by atoms with Gasteiger partial charge in [0.1, 0.15) is 5.76 Å². The number of thioether (sulfide) groups is 1. The fourth-order valence-electron chi connectivity index (χ4n) is 1.00. The number of furan rings is 1. The summed E-state index contributed by atoms with van der Waals surface area (Å²) in [5.74, 6) is 6.04. The van der Waals surface area contributed by atoms with Crippen LogP contribution < -0.4 is 11.3 Å². The molecule has 4 N–H and O–H groups in total. The molecule has 0 radical (unpaired) electrons. The first-order valence-corrected chi connectivity index (χ1v) is 5.98. The van der Waals surface area contributed by atoms with Gasteiger partial charge in [-0.1, -0.05) is 6.92 Å². The van der Waals surface area contributed by atoms with E-state index in [0.29, 0.717) is 11.5 Å². The fraction of sp³-hybridized carbons (Fsp3) is 0.500. The summed E-state index contributed by atoms with van der Waals surface area (Å²) in [5.41, 5.74) is 2.00. The summed E-state index contributed by atoms with van der Waals surface area (Å²) < 4.78 is 5.27. The first-order chi connectivity index (χ1) is 7.54. The highest BCUT2D eigenvalue weighted by molar-refractivity contribution is 7.99. The van der Waals surface area contributed by atoms with E-state index in [0.717, 1.165) is 0 Å². The van der Waals surface area contributed by atoms with Crippen LogP contribution in [-0.2, 0) is 5.75 Å². The van der Waals surface area contributed by atoms with Crippen molar-refractivity contribution in [1.29, 1.82) is 0 Å². The third-order valence-corrected chi connectivity index (χ3v) is 3.56. The summed E-state index contributed by atoms with van der Waals surface area (Å²) in [4.78, 5) is 11.1. The van der Waals surface area contributed by atoms with Crippen molar-refractivity contribution in [3.05, 3.63) is 23.7 Å². The topological polar surface area (TPSA) is 88.5 Å². The van der Waals surface area contributed by atoms with Crippen LogP contribution in [0.2, 0.25) is 0 Å². The Bertz CT molecular complexity index is 352. The molecule has 0 aliphatic carbocycles. The number of hydrogen-bond donors (Lipinski definition) is 3. The van der Waals surface area contributed by atoms with Crippen LogP contribution in [0, 0.1) is 0 Å². The minimum atomic E-state index is -0.445. The van der Waals surface area contributed by atoms with E-state index < -0.39 is 5.91 Å². The molecule has 2 unspecified atom stereocenters. The maximum atomic E-state index is 11.1. The Morgan fingerprint density at radius 1 is 1.62 bits per heavy atom. The second-order valence-electron chi connectivity index (χ2n) is 3.50. The molecule has 1 aromatic heterocycles. The second-order valence-corrected chi connectivity index (χ2v) is 4.86. The van der Waals surface area contributed by atoms with Crippen molar-refractivity contribution in [2.24, 2.45) is 5.84 Å². The smallest absolute Gasteiger partial charge is 0.300 e.